The third-order valence-electron chi connectivity index (χ3n) is 5.79. The molecule has 0 unspecified atom stereocenters. The third kappa shape index (κ3) is 6.26. The normalized spacial score (nSPS) is 14.9. The molecule has 0 saturated carbocycles. The topological polar surface area (TPSA) is 45.7 Å². The average molecular weight is 446 g/mol. The van der Waals surface area contributed by atoms with Gasteiger partial charge in [0.05, 0.1) is 6.20 Å². The van der Waals surface area contributed by atoms with Gasteiger partial charge in [0.2, 0.25) is 5.91 Å². The van der Waals surface area contributed by atoms with Crippen molar-refractivity contribution in [2.75, 3.05) is 26.2 Å². The highest BCUT2D eigenvalue weighted by Crippen LogP contribution is 2.25. The lowest BCUT2D eigenvalue weighted by Gasteiger charge is -2.22. The highest BCUT2D eigenvalue weighted by Gasteiger charge is 2.18. The predicted octanol–water partition coefficient (Wildman–Crippen LogP) is 5.07. The minimum Gasteiger partial charge on any atom is -0.453 e. The van der Waals surface area contributed by atoms with Crippen molar-refractivity contribution in [2.45, 2.75) is 19.9 Å². The number of pyridine rings is 1. The number of hydrogen-bond acceptors (Lipinski definition) is 4. The largest absolute Gasteiger partial charge is 0.453 e. The van der Waals surface area contributed by atoms with E-state index in [9.17, 15) is 9.18 Å². The summed E-state index contributed by atoms with van der Waals surface area (Å²) in [4.78, 5) is 20.9. The van der Waals surface area contributed by atoms with Gasteiger partial charge in [0.15, 0.2) is 11.6 Å². The predicted molar refractivity (Wildman–Crippen MR) is 127 cm³/mol. The molecule has 1 saturated heterocycles. The summed E-state index contributed by atoms with van der Waals surface area (Å²) in [6, 6.07) is 16.5. The van der Waals surface area contributed by atoms with Crippen molar-refractivity contribution in [3.8, 4) is 11.5 Å². The first-order chi connectivity index (χ1) is 16.1. The molecule has 1 aromatic heterocycles. The molecular formula is C27H28FN3O2. The molecule has 170 valence electrons. The van der Waals surface area contributed by atoms with Gasteiger partial charge in [-0.25, -0.2) is 4.39 Å². The van der Waals surface area contributed by atoms with E-state index in [1.54, 1.807) is 36.5 Å². The van der Waals surface area contributed by atoms with E-state index in [2.05, 4.69) is 41.1 Å². The third-order valence-corrected chi connectivity index (χ3v) is 5.79. The maximum atomic E-state index is 14.4. The van der Waals surface area contributed by atoms with Crippen LogP contribution in [0.15, 0.2) is 73.1 Å². The number of aryl methyl sites for hydroxylation is 1. The monoisotopic (exact) mass is 445 g/mol. The van der Waals surface area contributed by atoms with Crippen molar-refractivity contribution < 1.29 is 13.9 Å². The summed E-state index contributed by atoms with van der Waals surface area (Å²) in [5.41, 5.74) is 3.23. The molecule has 0 bridgehead atoms. The second-order valence-electron chi connectivity index (χ2n) is 8.20. The first-order valence-corrected chi connectivity index (χ1v) is 11.2. The lowest BCUT2D eigenvalue weighted by molar-refractivity contribution is -0.125. The Morgan fingerprint density at radius 1 is 1.09 bits per heavy atom. The van der Waals surface area contributed by atoms with Gasteiger partial charge < -0.3 is 9.64 Å². The fraction of sp³-hybridized carbons (Fsp3) is 0.259. The first-order valence-electron chi connectivity index (χ1n) is 11.2. The number of halogens is 1. The summed E-state index contributed by atoms with van der Waals surface area (Å²) >= 11 is 0. The molecular weight excluding hydrogens is 417 g/mol. The fourth-order valence-corrected chi connectivity index (χ4v) is 3.89. The molecule has 1 fully saturated rings. The zero-order valence-corrected chi connectivity index (χ0v) is 18.8. The Morgan fingerprint density at radius 2 is 1.97 bits per heavy atom. The van der Waals surface area contributed by atoms with Crippen molar-refractivity contribution in [1.82, 2.24) is 14.8 Å². The molecule has 6 heteroatoms. The molecule has 0 aliphatic carbocycles. The molecule has 3 aromatic rings. The van der Waals surface area contributed by atoms with Crippen LogP contribution in [0, 0.1) is 12.7 Å². The number of nitrogens with zero attached hydrogens (tertiary/aromatic N) is 3. The maximum Gasteiger partial charge on any atom is 0.246 e. The van der Waals surface area contributed by atoms with Crippen LogP contribution >= 0.6 is 0 Å². The van der Waals surface area contributed by atoms with Crippen LogP contribution in [0.2, 0.25) is 0 Å². The molecule has 4 rings (SSSR count). The van der Waals surface area contributed by atoms with E-state index in [1.807, 2.05) is 4.90 Å². The second kappa shape index (κ2) is 10.9. The summed E-state index contributed by atoms with van der Waals surface area (Å²) in [7, 11) is 0. The molecule has 1 aliphatic heterocycles. The second-order valence-corrected chi connectivity index (χ2v) is 8.20. The number of rotatable bonds is 6. The first kappa shape index (κ1) is 22.7. The fourth-order valence-electron chi connectivity index (χ4n) is 3.89. The van der Waals surface area contributed by atoms with E-state index in [4.69, 9.17) is 4.74 Å². The van der Waals surface area contributed by atoms with Gasteiger partial charge >= 0.3 is 0 Å². The molecule has 0 N–H and O–H groups in total. The minimum absolute atomic E-state index is 0.0520. The molecule has 33 heavy (non-hydrogen) atoms. The summed E-state index contributed by atoms with van der Waals surface area (Å²) in [6.07, 6.45) is 7.25. The summed E-state index contributed by atoms with van der Waals surface area (Å²) < 4.78 is 20.0. The summed E-state index contributed by atoms with van der Waals surface area (Å²) in [5.74, 6) is 0.0409. The lowest BCUT2D eigenvalue weighted by Crippen LogP contribution is -2.34. The smallest absolute Gasteiger partial charge is 0.246 e. The van der Waals surface area contributed by atoms with E-state index in [1.165, 1.54) is 29.5 Å². The number of benzene rings is 2. The van der Waals surface area contributed by atoms with Crippen molar-refractivity contribution in [3.05, 3.63) is 95.6 Å². The van der Waals surface area contributed by atoms with Gasteiger partial charge in [-0.3, -0.25) is 14.7 Å². The van der Waals surface area contributed by atoms with Gasteiger partial charge in [-0.15, -0.1) is 0 Å². The van der Waals surface area contributed by atoms with Crippen LogP contribution in [0.25, 0.3) is 6.08 Å². The number of amides is 1. The highest BCUT2D eigenvalue weighted by molar-refractivity contribution is 5.91. The number of carbonyl (C=O) groups is 1. The van der Waals surface area contributed by atoms with Gasteiger partial charge in [0, 0.05) is 45.0 Å². The number of ether oxygens (including phenoxy) is 1. The molecule has 5 nitrogen and oxygen atoms in total. The zero-order chi connectivity index (χ0) is 23.0. The lowest BCUT2D eigenvalue weighted by atomic mass is 10.1. The van der Waals surface area contributed by atoms with Gasteiger partial charge in [0.1, 0.15) is 5.75 Å². The Balaban J connectivity index is 1.32. The molecule has 0 spiro atoms. The standard InChI is InChI=1S/C27H28FN3O2/c1-21-6-2-3-7-23(21)20-30-14-5-15-31(17-16-30)27(32)12-10-22-9-11-26(25(28)18-22)33-24-8-4-13-29-19-24/h2-4,6-13,18-19H,5,14-17,20H2,1H3/b12-10+. The van der Waals surface area contributed by atoms with Gasteiger partial charge in [0.25, 0.3) is 0 Å². The quantitative estimate of drug-likeness (QED) is 0.497. The molecule has 1 amide bonds. The molecule has 0 radical (unpaired) electrons. The van der Waals surface area contributed by atoms with Crippen LogP contribution < -0.4 is 4.74 Å². The van der Waals surface area contributed by atoms with Gasteiger partial charge in [-0.2, -0.15) is 0 Å². The van der Waals surface area contributed by atoms with Crippen LogP contribution in [-0.4, -0.2) is 46.9 Å². The van der Waals surface area contributed by atoms with E-state index in [0.29, 0.717) is 17.9 Å². The molecule has 1 aliphatic rings. The van der Waals surface area contributed by atoms with Crippen molar-refractivity contribution in [3.63, 3.8) is 0 Å². The van der Waals surface area contributed by atoms with Gasteiger partial charge in [-0.05, 0) is 60.4 Å². The summed E-state index contributed by atoms with van der Waals surface area (Å²) in [5, 5.41) is 0. The van der Waals surface area contributed by atoms with Crippen LogP contribution in [0.3, 0.4) is 0 Å². The van der Waals surface area contributed by atoms with Crippen LogP contribution in [0.1, 0.15) is 23.1 Å². The molecule has 2 aromatic carbocycles. The van der Waals surface area contributed by atoms with E-state index in [0.717, 1.165) is 32.6 Å². The van der Waals surface area contributed by atoms with E-state index >= 15 is 0 Å². The maximum absolute atomic E-state index is 14.4. The van der Waals surface area contributed by atoms with Crippen molar-refractivity contribution in [1.29, 1.82) is 0 Å². The Hall–Kier alpha value is -3.51. The van der Waals surface area contributed by atoms with Crippen molar-refractivity contribution >= 4 is 12.0 Å². The zero-order valence-electron chi connectivity index (χ0n) is 18.8. The number of aromatic nitrogens is 1. The highest BCUT2D eigenvalue weighted by atomic mass is 19.1. The minimum atomic E-state index is -0.491. The van der Waals surface area contributed by atoms with E-state index < -0.39 is 5.82 Å². The Labute approximate surface area is 194 Å². The molecule has 2 heterocycles. The molecule has 0 atom stereocenters. The number of hydrogen-bond donors (Lipinski definition) is 0. The summed E-state index contributed by atoms with van der Waals surface area (Å²) in [6.45, 7) is 6.24. The van der Waals surface area contributed by atoms with Crippen LogP contribution in [0.4, 0.5) is 4.39 Å². The van der Waals surface area contributed by atoms with E-state index in [-0.39, 0.29) is 11.7 Å². The van der Waals surface area contributed by atoms with Crippen molar-refractivity contribution in [2.24, 2.45) is 0 Å². The average Bonchev–Trinajstić information content (AvgIpc) is 3.07. The van der Waals surface area contributed by atoms with Crippen LogP contribution in [0.5, 0.6) is 11.5 Å². The Bertz CT molecular complexity index is 1120. The Kier molecular flexibility index (Phi) is 7.47. The number of carbonyl (C=O) groups excluding carboxylic acids is 1. The SMILES string of the molecule is Cc1ccccc1CN1CCCN(C(=O)/C=C/c2ccc(Oc3cccnc3)c(F)c2)CC1. The van der Waals surface area contributed by atoms with Gasteiger partial charge in [-0.1, -0.05) is 30.3 Å². The Morgan fingerprint density at radius 3 is 2.76 bits per heavy atom. The van der Waals surface area contributed by atoms with Crippen LogP contribution in [-0.2, 0) is 11.3 Å².